The van der Waals surface area contributed by atoms with E-state index in [2.05, 4.69) is 20.8 Å². The number of hydrogen-bond acceptors (Lipinski definition) is 5. The fourth-order valence-electron chi connectivity index (χ4n) is 0.987. The molecule has 2 rings (SSSR count). The van der Waals surface area contributed by atoms with Gasteiger partial charge in [0.1, 0.15) is 12.0 Å². The van der Waals surface area contributed by atoms with Crippen molar-refractivity contribution >= 4 is 12.4 Å². The average molecular weight is 291 g/mol. The third kappa shape index (κ3) is 9.56. The molecule has 0 bridgehead atoms. The van der Waals surface area contributed by atoms with Gasteiger partial charge in [0, 0.05) is 18.6 Å². The molecule has 0 aliphatic rings. The molecule has 2 aromatic rings. The Morgan fingerprint density at radius 1 is 1.38 bits per heavy atom. The number of carboxylic acid groups (broad SMARTS) is 1. The number of pyridine rings is 1. The van der Waals surface area contributed by atoms with Gasteiger partial charge < -0.3 is 10.1 Å². The molecule has 2 aromatic heterocycles. The van der Waals surface area contributed by atoms with Crippen LogP contribution in [-0.4, -0.2) is 32.4 Å². The summed E-state index contributed by atoms with van der Waals surface area (Å²) in [6.45, 7) is 1.80. The van der Waals surface area contributed by atoms with E-state index in [4.69, 9.17) is 9.90 Å². The number of allylic oxidation sites excluding steroid dienone is 2. The highest BCUT2D eigenvalue weighted by Crippen LogP contribution is 2.08. The molecule has 0 radical (unpaired) electrons. The van der Waals surface area contributed by atoms with Crippen LogP contribution in [0.25, 0.3) is 11.5 Å². The van der Waals surface area contributed by atoms with E-state index in [9.17, 15) is 4.79 Å². The molecular weight excluding hydrogens is 274 g/mol. The Labute approximate surface area is 121 Å². The maximum Gasteiger partial charge on any atom is 0.418 e. The zero-order valence-electron chi connectivity index (χ0n) is 11.4. The minimum atomic E-state index is -1.22. The predicted molar refractivity (Wildman–Crippen MR) is 78.0 cm³/mol. The van der Waals surface area contributed by atoms with Gasteiger partial charge in [0.15, 0.2) is 5.82 Å². The molecule has 8 heteroatoms. The first-order chi connectivity index (χ1) is 10.2. The number of aromatic amines is 1. The van der Waals surface area contributed by atoms with Gasteiger partial charge in [-0.2, -0.15) is 0 Å². The number of rotatable bonds is 2. The number of nitrogens with one attached hydrogen (secondary N) is 2. The van der Waals surface area contributed by atoms with Crippen LogP contribution in [0.4, 0.5) is 4.79 Å². The molecular formula is C13H17N5O3. The van der Waals surface area contributed by atoms with Crippen molar-refractivity contribution in [3.63, 3.8) is 0 Å². The van der Waals surface area contributed by atoms with E-state index in [0.717, 1.165) is 17.8 Å². The summed E-state index contributed by atoms with van der Waals surface area (Å²) in [6.07, 6.45) is 7.91. The fraction of sp³-hybridized carbons (Fsp3) is 0.0769. The zero-order chi connectivity index (χ0) is 15.9. The van der Waals surface area contributed by atoms with E-state index in [1.54, 1.807) is 31.6 Å². The maximum absolute atomic E-state index is 9.32. The Kier molecular flexibility index (Phi) is 10.3. The molecule has 0 atom stereocenters. The molecule has 5 N–H and O–H groups in total. The van der Waals surface area contributed by atoms with Gasteiger partial charge in [0.2, 0.25) is 0 Å². The number of nitrogens with two attached hydrogens (primary N) is 1. The summed E-state index contributed by atoms with van der Waals surface area (Å²) >= 11 is 0. The lowest BCUT2D eigenvalue weighted by Gasteiger charge is -1.91. The van der Waals surface area contributed by atoms with Gasteiger partial charge in [0.25, 0.3) is 0 Å². The number of aromatic nitrogens is 3. The molecule has 0 spiro atoms. The monoisotopic (exact) mass is 291 g/mol. The van der Waals surface area contributed by atoms with Gasteiger partial charge in [-0.1, -0.05) is 12.1 Å². The van der Waals surface area contributed by atoms with Crippen molar-refractivity contribution in [1.82, 2.24) is 20.4 Å². The molecule has 112 valence electrons. The quantitative estimate of drug-likeness (QED) is 0.217. The number of hydrazine groups is 1. The first kappa shape index (κ1) is 18.0. The van der Waals surface area contributed by atoms with E-state index in [-0.39, 0.29) is 0 Å². The van der Waals surface area contributed by atoms with Crippen LogP contribution in [0.5, 0.6) is 0 Å². The summed E-state index contributed by atoms with van der Waals surface area (Å²) in [4.78, 5) is 29.6. The molecule has 0 fully saturated rings. The number of hydrogen-bond donors (Lipinski definition) is 4. The van der Waals surface area contributed by atoms with Crippen molar-refractivity contribution < 1.29 is 14.7 Å². The Hall–Kier alpha value is -3.00. The summed E-state index contributed by atoms with van der Waals surface area (Å²) in [7, 11) is 0. The number of nitrogens with zero attached hydrogens (tertiary/aromatic N) is 2. The van der Waals surface area contributed by atoms with Gasteiger partial charge in [-0.25, -0.2) is 15.6 Å². The Bertz CT molecular complexity index is 526. The minimum absolute atomic E-state index is 0.750. The van der Waals surface area contributed by atoms with Crippen LogP contribution in [0, 0.1) is 0 Å². The summed E-state index contributed by atoms with van der Waals surface area (Å²) in [5, 5.41) is 7.49. The van der Waals surface area contributed by atoms with E-state index in [1.165, 1.54) is 11.5 Å². The molecule has 0 aliphatic heterocycles. The second-order valence-corrected chi connectivity index (χ2v) is 3.26. The van der Waals surface area contributed by atoms with E-state index in [1.807, 2.05) is 18.2 Å². The van der Waals surface area contributed by atoms with Crippen molar-refractivity contribution in [1.29, 1.82) is 0 Å². The highest BCUT2D eigenvalue weighted by Gasteiger charge is 1.96. The summed E-state index contributed by atoms with van der Waals surface area (Å²) < 4.78 is 0. The van der Waals surface area contributed by atoms with Crippen molar-refractivity contribution in [3.8, 4) is 11.5 Å². The number of amides is 1. The SMILES string of the molecule is C/C=C/C=O.NNC(=O)O.c1ccc(-c2ncc[nH]2)nc1. The van der Waals surface area contributed by atoms with Crippen molar-refractivity contribution in [2.24, 2.45) is 5.84 Å². The van der Waals surface area contributed by atoms with Crippen LogP contribution >= 0.6 is 0 Å². The molecule has 8 nitrogen and oxygen atoms in total. The number of H-pyrrole nitrogens is 1. The van der Waals surface area contributed by atoms with Crippen LogP contribution in [0.3, 0.4) is 0 Å². The van der Waals surface area contributed by atoms with E-state index in [0.29, 0.717) is 0 Å². The maximum atomic E-state index is 9.32. The first-order valence-corrected chi connectivity index (χ1v) is 5.82. The van der Waals surface area contributed by atoms with Crippen LogP contribution in [0.15, 0.2) is 48.9 Å². The predicted octanol–water partition coefficient (Wildman–Crippen LogP) is 1.36. The van der Waals surface area contributed by atoms with Crippen molar-refractivity contribution in [3.05, 3.63) is 48.9 Å². The summed E-state index contributed by atoms with van der Waals surface area (Å²) in [5.74, 6) is 5.13. The normalized spacial score (nSPS) is 8.86. The highest BCUT2D eigenvalue weighted by atomic mass is 16.4. The second kappa shape index (κ2) is 12.1. The third-order valence-corrected chi connectivity index (χ3v) is 1.80. The molecule has 0 aliphatic carbocycles. The Morgan fingerprint density at radius 2 is 2.10 bits per heavy atom. The average Bonchev–Trinajstić information content (AvgIpc) is 3.04. The van der Waals surface area contributed by atoms with Crippen LogP contribution < -0.4 is 11.3 Å². The largest absolute Gasteiger partial charge is 0.464 e. The lowest BCUT2D eigenvalue weighted by atomic mass is 10.3. The highest BCUT2D eigenvalue weighted by molar-refractivity contribution is 5.64. The van der Waals surface area contributed by atoms with E-state index < -0.39 is 6.09 Å². The van der Waals surface area contributed by atoms with Gasteiger partial charge in [0.05, 0.1) is 0 Å². The smallest absolute Gasteiger partial charge is 0.418 e. The van der Waals surface area contributed by atoms with Crippen LogP contribution in [0.1, 0.15) is 6.92 Å². The Balaban J connectivity index is 0.000000340. The van der Waals surface area contributed by atoms with Crippen LogP contribution in [-0.2, 0) is 4.79 Å². The second-order valence-electron chi connectivity index (χ2n) is 3.26. The molecule has 2 heterocycles. The molecule has 1 amide bonds. The lowest BCUT2D eigenvalue weighted by Crippen LogP contribution is -2.27. The van der Waals surface area contributed by atoms with Crippen LogP contribution in [0.2, 0.25) is 0 Å². The van der Waals surface area contributed by atoms with Crippen molar-refractivity contribution in [2.75, 3.05) is 0 Å². The topological polar surface area (TPSA) is 134 Å². The number of imidazole rings is 1. The summed E-state index contributed by atoms with van der Waals surface area (Å²) in [5.41, 5.74) is 2.32. The number of carbonyl (C=O) groups is 2. The number of aldehydes is 1. The standard InChI is InChI=1S/C8H7N3.C4H6O.CH4N2O2/c1-2-4-9-7(3-1)8-10-5-6-11-8;1-2-3-4-5;2-3-1(4)5/h1-6H,(H,10,11);2-4H,1H3;3H,2H2,(H,4,5)/b;3-2+;. The third-order valence-electron chi connectivity index (χ3n) is 1.80. The first-order valence-electron chi connectivity index (χ1n) is 5.82. The van der Waals surface area contributed by atoms with E-state index >= 15 is 0 Å². The summed E-state index contributed by atoms with van der Waals surface area (Å²) in [6, 6.07) is 5.73. The van der Waals surface area contributed by atoms with Gasteiger partial charge in [-0.15, -0.1) is 0 Å². The Morgan fingerprint density at radius 3 is 2.43 bits per heavy atom. The molecule has 0 saturated carbocycles. The minimum Gasteiger partial charge on any atom is -0.464 e. The van der Waals surface area contributed by atoms with Gasteiger partial charge in [-0.3, -0.25) is 15.2 Å². The molecule has 21 heavy (non-hydrogen) atoms. The molecule has 0 saturated heterocycles. The molecule has 0 unspecified atom stereocenters. The van der Waals surface area contributed by atoms with Crippen molar-refractivity contribution in [2.45, 2.75) is 6.92 Å². The van der Waals surface area contributed by atoms with Gasteiger partial charge >= 0.3 is 6.09 Å². The fourth-order valence-corrected chi connectivity index (χ4v) is 0.987. The van der Waals surface area contributed by atoms with Gasteiger partial charge in [-0.05, 0) is 25.1 Å². The lowest BCUT2D eigenvalue weighted by molar-refractivity contribution is -0.104. The number of carbonyl (C=O) groups excluding carboxylic acids is 1. The zero-order valence-corrected chi connectivity index (χ0v) is 11.4. The molecule has 0 aromatic carbocycles.